The summed E-state index contributed by atoms with van der Waals surface area (Å²) in [6.45, 7) is 7.25. The third kappa shape index (κ3) is 4.28. The molecule has 23 heavy (non-hydrogen) atoms. The zero-order valence-corrected chi connectivity index (χ0v) is 13.7. The van der Waals surface area contributed by atoms with Crippen molar-refractivity contribution in [1.29, 1.82) is 0 Å². The van der Waals surface area contributed by atoms with Crippen LogP contribution in [0.15, 0.2) is 34.3 Å². The number of rotatable bonds is 5. The van der Waals surface area contributed by atoms with Crippen LogP contribution in [0.4, 0.5) is 4.79 Å². The highest BCUT2D eigenvalue weighted by Gasteiger charge is 2.37. The van der Waals surface area contributed by atoms with E-state index >= 15 is 0 Å². The second kappa shape index (κ2) is 6.76. The van der Waals surface area contributed by atoms with Crippen molar-refractivity contribution in [1.82, 2.24) is 5.32 Å². The van der Waals surface area contributed by atoms with Crippen molar-refractivity contribution >= 4 is 11.9 Å². The molecule has 0 saturated carbocycles. The number of ether oxygens (including phenoxy) is 3. The summed E-state index contributed by atoms with van der Waals surface area (Å²) in [4.78, 5) is 24.3. The highest BCUT2D eigenvalue weighted by molar-refractivity contribution is 6.00. The molecule has 0 saturated heterocycles. The van der Waals surface area contributed by atoms with Gasteiger partial charge in [0.15, 0.2) is 6.61 Å². The fourth-order valence-electron chi connectivity index (χ4n) is 2.10. The third-order valence-corrected chi connectivity index (χ3v) is 2.91. The average molecular weight is 323 g/mol. The topological polar surface area (TPSA) is 87.0 Å². The van der Waals surface area contributed by atoms with Gasteiger partial charge in [0.25, 0.3) is 5.95 Å². The number of furan rings is 1. The Morgan fingerprint density at radius 2 is 2.17 bits per heavy atom. The van der Waals surface area contributed by atoms with Gasteiger partial charge in [0.05, 0.1) is 12.9 Å². The SMILES string of the molecule is CCOC1=C([C@@H](NC(=O)OC(C)(C)C)c2ccco2)C(=O)CO1. The number of hydrogen-bond donors (Lipinski definition) is 1. The van der Waals surface area contributed by atoms with Gasteiger partial charge < -0.3 is 23.9 Å². The number of Topliss-reactive ketones (excluding diaryl/α,β-unsaturated/α-hetero) is 1. The molecule has 0 unspecified atom stereocenters. The van der Waals surface area contributed by atoms with Crippen molar-refractivity contribution in [2.45, 2.75) is 39.3 Å². The Morgan fingerprint density at radius 3 is 2.74 bits per heavy atom. The van der Waals surface area contributed by atoms with Crippen molar-refractivity contribution in [2.24, 2.45) is 0 Å². The van der Waals surface area contributed by atoms with Crippen molar-refractivity contribution < 1.29 is 28.2 Å². The van der Waals surface area contributed by atoms with Gasteiger partial charge in [-0.2, -0.15) is 0 Å². The minimum Gasteiger partial charge on any atom is -0.467 e. The van der Waals surface area contributed by atoms with E-state index in [1.165, 1.54) is 6.26 Å². The lowest BCUT2D eigenvalue weighted by atomic mass is 10.0. The van der Waals surface area contributed by atoms with Crippen molar-refractivity contribution in [3.63, 3.8) is 0 Å². The van der Waals surface area contributed by atoms with Gasteiger partial charge in [-0.15, -0.1) is 0 Å². The number of carbonyl (C=O) groups is 2. The summed E-state index contributed by atoms with van der Waals surface area (Å²) in [6, 6.07) is 2.49. The van der Waals surface area contributed by atoms with Crippen LogP contribution in [-0.2, 0) is 19.0 Å². The lowest BCUT2D eigenvalue weighted by Crippen LogP contribution is -2.36. The summed E-state index contributed by atoms with van der Waals surface area (Å²) in [7, 11) is 0. The van der Waals surface area contributed by atoms with E-state index in [2.05, 4.69) is 5.32 Å². The summed E-state index contributed by atoms with van der Waals surface area (Å²) in [5.74, 6) is 0.225. The second-order valence-corrected chi connectivity index (χ2v) is 5.94. The van der Waals surface area contributed by atoms with Crippen LogP contribution in [-0.4, -0.2) is 30.7 Å². The molecule has 1 aliphatic rings. The van der Waals surface area contributed by atoms with Gasteiger partial charge in [0, 0.05) is 0 Å². The van der Waals surface area contributed by atoms with E-state index in [1.54, 1.807) is 39.8 Å². The molecule has 2 heterocycles. The molecule has 0 aliphatic carbocycles. The number of amides is 1. The lowest BCUT2D eigenvalue weighted by molar-refractivity contribution is -0.117. The molecule has 7 nitrogen and oxygen atoms in total. The van der Waals surface area contributed by atoms with E-state index < -0.39 is 17.7 Å². The van der Waals surface area contributed by atoms with Crippen molar-refractivity contribution in [3.05, 3.63) is 35.7 Å². The molecule has 0 bridgehead atoms. The maximum absolute atomic E-state index is 12.2. The maximum atomic E-state index is 12.2. The largest absolute Gasteiger partial charge is 0.467 e. The van der Waals surface area contributed by atoms with Gasteiger partial charge in [-0.1, -0.05) is 0 Å². The molecule has 126 valence electrons. The zero-order chi connectivity index (χ0) is 17.0. The molecule has 7 heteroatoms. The smallest absolute Gasteiger partial charge is 0.408 e. The van der Waals surface area contributed by atoms with Crippen LogP contribution >= 0.6 is 0 Å². The molecule has 1 amide bonds. The summed E-state index contributed by atoms with van der Waals surface area (Å²) in [5.41, 5.74) is -0.446. The highest BCUT2D eigenvalue weighted by atomic mass is 16.7. The molecule has 1 aromatic heterocycles. The monoisotopic (exact) mass is 323 g/mol. The lowest BCUT2D eigenvalue weighted by Gasteiger charge is -2.23. The zero-order valence-electron chi connectivity index (χ0n) is 13.7. The first-order chi connectivity index (χ1) is 10.8. The first-order valence-electron chi connectivity index (χ1n) is 7.37. The molecular formula is C16H21NO6. The molecule has 1 N–H and O–H groups in total. The molecule has 0 spiro atoms. The first kappa shape index (κ1) is 16.9. The maximum Gasteiger partial charge on any atom is 0.408 e. The Hall–Kier alpha value is -2.44. The van der Waals surface area contributed by atoms with Gasteiger partial charge in [-0.25, -0.2) is 4.79 Å². The molecule has 2 rings (SSSR count). The summed E-state index contributed by atoms with van der Waals surface area (Å²) >= 11 is 0. The van der Waals surface area contributed by atoms with Gasteiger partial charge >= 0.3 is 6.09 Å². The predicted octanol–water partition coefficient (Wildman–Crippen LogP) is 2.69. The van der Waals surface area contributed by atoms with E-state index in [0.717, 1.165) is 0 Å². The van der Waals surface area contributed by atoms with Crippen LogP contribution in [0.1, 0.15) is 39.5 Å². The third-order valence-electron chi connectivity index (χ3n) is 2.91. The molecule has 1 aromatic rings. The van der Waals surface area contributed by atoms with Crippen molar-refractivity contribution in [3.8, 4) is 0 Å². The van der Waals surface area contributed by atoms with Crippen LogP contribution in [0.2, 0.25) is 0 Å². The summed E-state index contributed by atoms with van der Waals surface area (Å²) < 4.78 is 21.2. The van der Waals surface area contributed by atoms with E-state index in [4.69, 9.17) is 18.6 Å². The van der Waals surface area contributed by atoms with Gasteiger partial charge in [-0.05, 0) is 39.8 Å². The van der Waals surface area contributed by atoms with Crippen LogP contribution in [0, 0.1) is 0 Å². The quantitative estimate of drug-likeness (QED) is 0.896. The normalized spacial score (nSPS) is 16.1. The van der Waals surface area contributed by atoms with Crippen LogP contribution in [0.3, 0.4) is 0 Å². The standard InChI is InChI=1S/C16H21NO6/c1-5-20-14-12(10(18)9-22-14)13(11-7-6-8-21-11)17-15(19)23-16(2,3)4/h6-8,13H,5,9H2,1-4H3,(H,17,19)/t13-/m0/s1. The minimum absolute atomic E-state index is 0.106. The Morgan fingerprint density at radius 1 is 1.43 bits per heavy atom. The predicted molar refractivity (Wildman–Crippen MR) is 80.4 cm³/mol. The minimum atomic E-state index is -0.837. The number of nitrogens with one attached hydrogen (secondary N) is 1. The van der Waals surface area contributed by atoms with Gasteiger partial charge in [0.2, 0.25) is 5.78 Å². The summed E-state index contributed by atoms with van der Waals surface area (Å²) in [6.07, 6.45) is 0.794. The van der Waals surface area contributed by atoms with Crippen molar-refractivity contribution in [2.75, 3.05) is 13.2 Å². The van der Waals surface area contributed by atoms with E-state index in [0.29, 0.717) is 12.4 Å². The Kier molecular flexibility index (Phi) is 4.98. The molecule has 0 radical (unpaired) electrons. The van der Waals surface area contributed by atoms with E-state index in [1.807, 2.05) is 0 Å². The first-order valence-corrected chi connectivity index (χ1v) is 7.37. The molecule has 0 aromatic carbocycles. The second-order valence-electron chi connectivity index (χ2n) is 5.94. The number of hydrogen-bond acceptors (Lipinski definition) is 6. The molecule has 0 fully saturated rings. The van der Waals surface area contributed by atoms with Crippen LogP contribution in [0.25, 0.3) is 0 Å². The number of alkyl carbamates (subject to hydrolysis) is 1. The fourth-order valence-corrected chi connectivity index (χ4v) is 2.10. The van der Waals surface area contributed by atoms with Crippen LogP contribution in [0.5, 0.6) is 0 Å². The van der Waals surface area contributed by atoms with Gasteiger partial charge in [-0.3, -0.25) is 4.79 Å². The highest BCUT2D eigenvalue weighted by Crippen LogP contribution is 2.31. The van der Waals surface area contributed by atoms with E-state index in [9.17, 15) is 9.59 Å². The average Bonchev–Trinajstić information content (AvgIpc) is 3.05. The molecule has 1 atom stereocenters. The fraction of sp³-hybridized carbons (Fsp3) is 0.500. The van der Waals surface area contributed by atoms with E-state index in [-0.39, 0.29) is 23.9 Å². The number of ketones is 1. The molecule has 1 aliphatic heterocycles. The Balaban J connectivity index is 2.30. The summed E-state index contributed by atoms with van der Waals surface area (Å²) in [5, 5.41) is 2.64. The van der Waals surface area contributed by atoms with Gasteiger partial charge in [0.1, 0.15) is 23.0 Å². The molecular weight excluding hydrogens is 302 g/mol. The Bertz CT molecular complexity index is 597. The Labute approximate surface area is 134 Å². The van der Waals surface area contributed by atoms with Crippen LogP contribution < -0.4 is 5.32 Å². The number of carbonyl (C=O) groups excluding carboxylic acids is 2.